The van der Waals surface area contributed by atoms with Crippen molar-refractivity contribution in [2.45, 2.75) is 45.1 Å². The highest BCUT2D eigenvalue weighted by Gasteiger charge is 2.15. The number of hydrogen-bond acceptors (Lipinski definition) is 4. The Bertz CT molecular complexity index is 495. The first-order valence-corrected chi connectivity index (χ1v) is 7.69. The zero-order chi connectivity index (χ0) is 15.8. The number of amides is 2. The normalized spacial score (nSPS) is 15.0. The quantitative estimate of drug-likeness (QED) is 0.657. The lowest BCUT2D eigenvalue weighted by molar-refractivity contribution is 0.104. The van der Waals surface area contributed by atoms with Crippen LogP contribution in [0.15, 0.2) is 24.3 Å². The molecule has 0 aromatic heterocycles. The fourth-order valence-corrected chi connectivity index (χ4v) is 2.45. The van der Waals surface area contributed by atoms with E-state index in [1.807, 2.05) is 0 Å². The molecule has 1 fully saturated rings. The summed E-state index contributed by atoms with van der Waals surface area (Å²) in [5.41, 5.74) is 0.643. The van der Waals surface area contributed by atoms with Crippen molar-refractivity contribution in [2.75, 3.05) is 11.9 Å². The minimum atomic E-state index is -0.738. The Morgan fingerprint density at radius 3 is 2.45 bits per heavy atom. The smallest absolute Gasteiger partial charge is 0.434 e. The second-order valence-corrected chi connectivity index (χ2v) is 5.24. The predicted octanol–water partition coefficient (Wildman–Crippen LogP) is 3.68. The monoisotopic (exact) mass is 306 g/mol. The molecule has 0 saturated heterocycles. The van der Waals surface area contributed by atoms with Crippen LogP contribution >= 0.6 is 0 Å². The summed E-state index contributed by atoms with van der Waals surface area (Å²) in [6.07, 6.45) is 4.94. The number of carbonyl (C=O) groups is 2. The van der Waals surface area contributed by atoms with Crippen LogP contribution < -0.4 is 15.4 Å². The Morgan fingerprint density at radius 2 is 1.82 bits per heavy atom. The molecule has 0 radical (unpaired) electrons. The molecular formula is C16H22N2O4. The molecule has 1 aliphatic carbocycles. The molecule has 0 aliphatic heterocycles. The number of nitrogens with one attached hydrogen (secondary N) is 2. The van der Waals surface area contributed by atoms with Crippen LogP contribution in [0.3, 0.4) is 0 Å². The number of hydrogen-bond donors (Lipinski definition) is 2. The molecule has 0 unspecified atom stereocenters. The van der Waals surface area contributed by atoms with Gasteiger partial charge in [-0.1, -0.05) is 19.3 Å². The van der Waals surface area contributed by atoms with Crippen molar-refractivity contribution in [3.05, 3.63) is 24.3 Å². The van der Waals surface area contributed by atoms with Crippen LogP contribution in [-0.4, -0.2) is 24.8 Å². The van der Waals surface area contributed by atoms with Gasteiger partial charge in [-0.15, -0.1) is 0 Å². The molecule has 1 aliphatic rings. The molecular weight excluding hydrogens is 284 g/mol. The van der Waals surface area contributed by atoms with Crippen molar-refractivity contribution in [3.8, 4) is 5.75 Å². The van der Waals surface area contributed by atoms with Gasteiger partial charge in [0.2, 0.25) is 0 Å². The van der Waals surface area contributed by atoms with E-state index in [0.29, 0.717) is 11.4 Å². The van der Waals surface area contributed by atoms with Crippen LogP contribution in [-0.2, 0) is 4.74 Å². The van der Waals surface area contributed by atoms with Crippen molar-refractivity contribution in [3.63, 3.8) is 0 Å². The van der Waals surface area contributed by atoms with E-state index >= 15 is 0 Å². The minimum Gasteiger partial charge on any atom is -0.434 e. The fraction of sp³-hybridized carbons (Fsp3) is 0.500. The van der Waals surface area contributed by atoms with Crippen molar-refractivity contribution in [2.24, 2.45) is 0 Å². The molecule has 6 heteroatoms. The maximum atomic E-state index is 11.9. The van der Waals surface area contributed by atoms with E-state index in [1.54, 1.807) is 31.2 Å². The predicted molar refractivity (Wildman–Crippen MR) is 83.1 cm³/mol. The Labute approximate surface area is 130 Å². The zero-order valence-corrected chi connectivity index (χ0v) is 12.8. The van der Waals surface area contributed by atoms with Crippen LogP contribution in [0.5, 0.6) is 5.75 Å². The SMILES string of the molecule is CCOC(=O)Oc1ccc(NC(=O)NC2CCCCC2)cc1. The van der Waals surface area contributed by atoms with Crippen LogP contribution in [0.4, 0.5) is 15.3 Å². The summed E-state index contributed by atoms with van der Waals surface area (Å²) in [5.74, 6) is 0.372. The molecule has 0 bridgehead atoms. The largest absolute Gasteiger partial charge is 0.513 e. The molecule has 2 N–H and O–H groups in total. The lowest BCUT2D eigenvalue weighted by Crippen LogP contribution is -2.38. The van der Waals surface area contributed by atoms with E-state index in [9.17, 15) is 9.59 Å². The topological polar surface area (TPSA) is 76.7 Å². The van der Waals surface area contributed by atoms with Crippen LogP contribution in [0.25, 0.3) is 0 Å². The third-order valence-corrected chi connectivity index (χ3v) is 3.52. The van der Waals surface area contributed by atoms with E-state index in [2.05, 4.69) is 15.4 Å². The number of urea groups is 1. The van der Waals surface area contributed by atoms with Gasteiger partial charge in [0.25, 0.3) is 0 Å². The van der Waals surface area contributed by atoms with Gasteiger partial charge in [0.1, 0.15) is 5.75 Å². The summed E-state index contributed by atoms with van der Waals surface area (Å²) in [7, 11) is 0. The van der Waals surface area contributed by atoms with Gasteiger partial charge in [0.05, 0.1) is 6.61 Å². The first-order chi connectivity index (χ1) is 10.7. The zero-order valence-electron chi connectivity index (χ0n) is 12.8. The molecule has 6 nitrogen and oxygen atoms in total. The van der Waals surface area contributed by atoms with E-state index in [0.717, 1.165) is 12.8 Å². The number of rotatable bonds is 4. The summed E-state index contributed by atoms with van der Waals surface area (Å²) in [6, 6.07) is 6.62. The third-order valence-electron chi connectivity index (χ3n) is 3.52. The average Bonchev–Trinajstić information content (AvgIpc) is 2.50. The van der Waals surface area contributed by atoms with E-state index in [1.165, 1.54) is 19.3 Å². The lowest BCUT2D eigenvalue weighted by Gasteiger charge is -2.22. The van der Waals surface area contributed by atoms with Gasteiger partial charge in [-0.25, -0.2) is 9.59 Å². The maximum Gasteiger partial charge on any atom is 0.513 e. The molecule has 1 aromatic carbocycles. The highest BCUT2D eigenvalue weighted by atomic mass is 16.7. The summed E-state index contributed by atoms with van der Waals surface area (Å²) in [4.78, 5) is 23.1. The minimum absolute atomic E-state index is 0.203. The fourth-order valence-electron chi connectivity index (χ4n) is 2.45. The number of benzene rings is 1. The summed E-state index contributed by atoms with van der Waals surface area (Å²) in [6.45, 7) is 1.97. The molecule has 1 saturated carbocycles. The van der Waals surface area contributed by atoms with Crippen molar-refractivity contribution >= 4 is 17.9 Å². The second kappa shape index (κ2) is 8.26. The number of ether oxygens (including phenoxy) is 2. The van der Waals surface area contributed by atoms with Crippen LogP contribution in [0, 0.1) is 0 Å². The van der Waals surface area contributed by atoms with Crippen molar-refractivity contribution in [1.29, 1.82) is 0 Å². The molecule has 22 heavy (non-hydrogen) atoms. The van der Waals surface area contributed by atoms with Crippen LogP contribution in [0.2, 0.25) is 0 Å². The lowest BCUT2D eigenvalue weighted by atomic mass is 9.96. The molecule has 2 amide bonds. The standard InChI is InChI=1S/C16H22N2O4/c1-2-21-16(20)22-14-10-8-13(9-11-14)18-15(19)17-12-6-4-3-5-7-12/h8-12H,2-7H2,1H3,(H2,17,18,19). The first-order valence-electron chi connectivity index (χ1n) is 7.69. The van der Waals surface area contributed by atoms with Crippen LogP contribution in [0.1, 0.15) is 39.0 Å². The van der Waals surface area contributed by atoms with Gasteiger partial charge in [-0.2, -0.15) is 0 Å². The van der Waals surface area contributed by atoms with E-state index in [-0.39, 0.29) is 18.7 Å². The molecule has 0 spiro atoms. The molecule has 0 atom stereocenters. The average molecular weight is 306 g/mol. The van der Waals surface area contributed by atoms with Gasteiger partial charge < -0.3 is 20.1 Å². The molecule has 1 aromatic rings. The van der Waals surface area contributed by atoms with E-state index in [4.69, 9.17) is 4.74 Å². The van der Waals surface area contributed by atoms with Gasteiger partial charge in [-0.05, 0) is 44.0 Å². The summed E-state index contributed by atoms with van der Waals surface area (Å²) < 4.78 is 9.63. The van der Waals surface area contributed by atoms with Gasteiger partial charge >= 0.3 is 12.2 Å². The Morgan fingerprint density at radius 1 is 1.14 bits per heavy atom. The van der Waals surface area contributed by atoms with Crippen molar-refractivity contribution in [1.82, 2.24) is 5.32 Å². The van der Waals surface area contributed by atoms with Crippen molar-refractivity contribution < 1.29 is 19.1 Å². The number of anilines is 1. The Kier molecular flexibility index (Phi) is 6.06. The maximum absolute atomic E-state index is 11.9. The Balaban J connectivity index is 1.80. The number of carbonyl (C=O) groups excluding carboxylic acids is 2. The van der Waals surface area contributed by atoms with Gasteiger partial charge in [0.15, 0.2) is 0 Å². The highest BCUT2D eigenvalue weighted by Crippen LogP contribution is 2.18. The van der Waals surface area contributed by atoms with E-state index < -0.39 is 6.16 Å². The molecule has 120 valence electrons. The third kappa shape index (κ3) is 5.27. The Hall–Kier alpha value is -2.24. The molecule has 2 rings (SSSR count). The summed E-state index contributed by atoms with van der Waals surface area (Å²) >= 11 is 0. The van der Waals surface area contributed by atoms with Gasteiger partial charge in [-0.3, -0.25) is 0 Å². The van der Waals surface area contributed by atoms with Gasteiger partial charge in [0, 0.05) is 11.7 Å². The first kappa shape index (κ1) is 16.1. The second-order valence-electron chi connectivity index (χ2n) is 5.24. The molecule has 0 heterocycles. The summed E-state index contributed by atoms with van der Waals surface area (Å²) in [5, 5.41) is 5.75. The highest BCUT2D eigenvalue weighted by molar-refractivity contribution is 5.89.